The van der Waals surface area contributed by atoms with E-state index in [1.54, 1.807) is 0 Å². The van der Waals surface area contributed by atoms with Crippen molar-refractivity contribution in [1.82, 2.24) is 3.93 Å². The summed E-state index contributed by atoms with van der Waals surface area (Å²) in [6, 6.07) is -0.815. The highest BCUT2D eigenvalue weighted by atomic mass is 79.9. The maximum absolute atomic E-state index is 13.0. The second kappa shape index (κ2) is 2.37. The number of alkyl halides is 1. The van der Waals surface area contributed by atoms with Gasteiger partial charge in [0.05, 0.1) is 22.4 Å². The van der Waals surface area contributed by atoms with Crippen LogP contribution in [0.25, 0.3) is 0 Å². The summed E-state index contributed by atoms with van der Waals surface area (Å²) >= 11 is 2.58. The predicted octanol–water partition coefficient (Wildman–Crippen LogP) is 1.06. The average Bonchev–Trinajstić information content (AvgIpc) is 1.95. The van der Waals surface area contributed by atoms with Crippen LogP contribution in [0.2, 0.25) is 0 Å². The zero-order valence-corrected chi connectivity index (χ0v) is 7.13. The standard InChI is InChI=1S/C5H4BrFN2O2/c1-5(7)2-8-4(11)9(6)3(5)10/h2H,1H3. The van der Waals surface area contributed by atoms with Crippen LogP contribution in [0.15, 0.2) is 4.99 Å². The Hall–Kier alpha value is -0.780. The van der Waals surface area contributed by atoms with Crippen molar-refractivity contribution in [3.05, 3.63) is 0 Å². The Kier molecular flexibility index (Phi) is 1.79. The third kappa shape index (κ3) is 1.30. The van der Waals surface area contributed by atoms with E-state index in [4.69, 9.17) is 0 Å². The highest BCUT2D eigenvalue weighted by Gasteiger charge is 2.41. The maximum atomic E-state index is 13.0. The quantitative estimate of drug-likeness (QED) is 0.576. The van der Waals surface area contributed by atoms with Crippen LogP contribution in [0.1, 0.15) is 6.92 Å². The molecule has 0 saturated carbocycles. The van der Waals surface area contributed by atoms with Crippen molar-refractivity contribution in [2.24, 2.45) is 4.99 Å². The first-order valence-electron chi connectivity index (χ1n) is 2.73. The smallest absolute Gasteiger partial charge is 0.269 e. The van der Waals surface area contributed by atoms with Gasteiger partial charge in [0.15, 0.2) is 0 Å². The zero-order valence-electron chi connectivity index (χ0n) is 5.54. The molecule has 0 aromatic rings. The lowest BCUT2D eigenvalue weighted by Crippen LogP contribution is -2.46. The van der Waals surface area contributed by atoms with Gasteiger partial charge in [-0.1, -0.05) is 0 Å². The molecule has 1 rings (SSSR count). The molecule has 60 valence electrons. The van der Waals surface area contributed by atoms with E-state index >= 15 is 0 Å². The Morgan fingerprint density at radius 2 is 2.27 bits per heavy atom. The van der Waals surface area contributed by atoms with Gasteiger partial charge in [-0.3, -0.25) is 4.79 Å². The van der Waals surface area contributed by atoms with Gasteiger partial charge in [-0.2, -0.15) is 3.93 Å². The number of aliphatic imine (C=N–C) groups is 1. The van der Waals surface area contributed by atoms with E-state index in [9.17, 15) is 14.0 Å². The lowest BCUT2D eigenvalue weighted by atomic mass is 10.1. The monoisotopic (exact) mass is 222 g/mol. The predicted molar refractivity (Wildman–Crippen MR) is 39.2 cm³/mol. The molecule has 1 atom stereocenters. The van der Waals surface area contributed by atoms with Gasteiger partial charge >= 0.3 is 6.03 Å². The molecule has 11 heavy (non-hydrogen) atoms. The number of imide groups is 1. The van der Waals surface area contributed by atoms with E-state index in [0.29, 0.717) is 10.1 Å². The summed E-state index contributed by atoms with van der Waals surface area (Å²) in [5.41, 5.74) is -2.18. The number of amides is 3. The number of urea groups is 1. The first-order chi connectivity index (χ1) is 4.95. The van der Waals surface area contributed by atoms with Gasteiger partial charge in [0.2, 0.25) is 5.67 Å². The van der Waals surface area contributed by atoms with Gasteiger partial charge in [-0.05, 0) is 6.92 Å². The van der Waals surface area contributed by atoms with E-state index in [1.165, 1.54) is 0 Å². The Bertz CT molecular complexity index is 251. The van der Waals surface area contributed by atoms with Crippen LogP contribution in [0.4, 0.5) is 9.18 Å². The van der Waals surface area contributed by atoms with Gasteiger partial charge < -0.3 is 0 Å². The number of rotatable bonds is 0. The van der Waals surface area contributed by atoms with E-state index in [-0.39, 0.29) is 0 Å². The Labute approximate surface area is 70.4 Å². The topological polar surface area (TPSA) is 49.7 Å². The third-order valence-corrected chi connectivity index (χ3v) is 1.81. The number of hydrogen-bond acceptors (Lipinski definition) is 2. The third-order valence-electron chi connectivity index (χ3n) is 1.18. The molecular weight excluding hydrogens is 219 g/mol. The molecule has 1 heterocycles. The second-order valence-electron chi connectivity index (χ2n) is 2.20. The molecule has 6 heteroatoms. The van der Waals surface area contributed by atoms with Crippen LogP contribution in [0.3, 0.4) is 0 Å². The molecule has 0 aliphatic carbocycles. The minimum absolute atomic E-state index is 0.465. The van der Waals surface area contributed by atoms with Gasteiger partial charge in [-0.25, -0.2) is 14.2 Å². The summed E-state index contributed by atoms with van der Waals surface area (Å²) in [7, 11) is 0. The molecule has 0 N–H and O–H groups in total. The molecule has 1 aliphatic rings. The van der Waals surface area contributed by atoms with Crippen LogP contribution in [0, 0.1) is 0 Å². The van der Waals surface area contributed by atoms with Crippen molar-refractivity contribution >= 4 is 34.3 Å². The Balaban J connectivity index is 3.04. The fourth-order valence-electron chi connectivity index (χ4n) is 0.561. The van der Waals surface area contributed by atoms with Crippen molar-refractivity contribution < 1.29 is 14.0 Å². The number of halogens is 2. The lowest BCUT2D eigenvalue weighted by molar-refractivity contribution is -0.131. The van der Waals surface area contributed by atoms with Crippen LogP contribution in [0.5, 0.6) is 0 Å². The van der Waals surface area contributed by atoms with Crippen LogP contribution >= 0.6 is 16.1 Å². The van der Waals surface area contributed by atoms with Crippen molar-refractivity contribution in [2.75, 3.05) is 0 Å². The second-order valence-corrected chi connectivity index (χ2v) is 2.91. The Morgan fingerprint density at radius 3 is 2.73 bits per heavy atom. The van der Waals surface area contributed by atoms with E-state index in [0.717, 1.165) is 6.92 Å². The first kappa shape index (κ1) is 8.32. The maximum Gasteiger partial charge on any atom is 0.360 e. The number of hydrogen-bond donors (Lipinski definition) is 0. The van der Waals surface area contributed by atoms with Gasteiger partial charge in [0, 0.05) is 0 Å². The van der Waals surface area contributed by atoms with E-state index < -0.39 is 17.6 Å². The van der Waals surface area contributed by atoms with Crippen molar-refractivity contribution in [3.63, 3.8) is 0 Å². The molecular formula is C5H4BrFN2O2. The highest BCUT2D eigenvalue weighted by Crippen LogP contribution is 2.19. The summed E-state index contributed by atoms with van der Waals surface area (Å²) in [5, 5.41) is 0. The first-order valence-corrected chi connectivity index (χ1v) is 3.44. The fraction of sp³-hybridized carbons (Fsp3) is 0.400. The summed E-state index contributed by atoms with van der Waals surface area (Å²) in [4.78, 5) is 24.6. The lowest BCUT2D eigenvalue weighted by Gasteiger charge is -2.21. The minimum Gasteiger partial charge on any atom is -0.269 e. The molecule has 0 saturated heterocycles. The molecule has 0 fully saturated rings. The average molecular weight is 223 g/mol. The molecule has 0 aromatic carbocycles. The number of carbonyl (C=O) groups excluding carboxylic acids is 2. The van der Waals surface area contributed by atoms with Gasteiger partial charge in [-0.15, -0.1) is 0 Å². The molecule has 0 bridgehead atoms. The molecule has 0 radical (unpaired) electrons. The van der Waals surface area contributed by atoms with Crippen LogP contribution in [-0.2, 0) is 4.79 Å². The normalized spacial score (nSPS) is 31.4. The SMILES string of the molecule is CC1(F)C=NC(=O)N(Br)C1=O. The summed E-state index contributed by atoms with van der Waals surface area (Å²) in [6.07, 6.45) is 0.690. The Morgan fingerprint density at radius 1 is 1.73 bits per heavy atom. The molecule has 0 aromatic heterocycles. The summed E-state index contributed by atoms with van der Waals surface area (Å²) in [5.74, 6) is -0.961. The molecule has 1 aliphatic heterocycles. The van der Waals surface area contributed by atoms with Crippen LogP contribution in [-0.4, -0.2) is 27.7 Å². The molecule has 1 unspecified atom stereocenters. The summed E-state index contributed by atoms with van der Waals surface area (Å²) < 4.78 is 13.4. The zero-order chi connectivity index (χ0) is 8.65. The van der Waals surface area contributed by atoms with Gasteiger partial charge in [0.1, 0.15) is 0 Å². The van der Waals surface area contributed by atoms with E-state index in [1.807, 2.05) is 0 Å². The van der Waals surface area contributed by atoms with Crippen molar-refractivity contribution in [3.8, 4) is 0 Å². The minimum atomic E-state index is -2.18. The number of carbonyl (C=O) groups is 2. The largest absolute Gasteiger partial charge is 0.360 e. The van der Waals surface area contributed by atoms with E-state index in [2.05, 4.69) is 21.1 Å². The van der Waals surface area contributed by atoms with Crippen molar-refractivity contribution in [2.45, 2.75) is 12.6 Å². The highest BCUT2D eigenvalue weighted by molar-refractivity contribution is 9.08. The molecule has 4 nitrogen and oxygen atoms in total. The molecule has 0 spiro atoms. The van der Waals surface area contributed by atoms with Crippen LogP contribution < -0.4 is 0 Å². The van der Waals surface area contributed by atoms with Crippen molar-refractivity contribution in [1.29, 1.82) is 0 Å². The van der Waals surface area contributed by atoms with Gasteiger partial charge in [0.25, 0.3) is 5.91 Å². The fourth-order valence-corrected chi connectivity index (χ4v) is 0.999. The molecule has 3 amide bonds. The number of nitrogens with zero attached hydrogens (tertiary/aromatic N) is 2. The summed E-state index contributed by atoms with van der Waals surface area (Å²) in [6.45, 7) is 1.03.